The minimum absolute atomic E-state index is 0.00215. The number of halogens is 1. The Bertz CT molecular complexity index is 444. The molecule has 0 bridgehead atoms. The summed E-state index contributed by atoms with van der Waals surface area (Å²) in [4.78, 5) is 10.7. The maximum Gasteiger partial charge on any atom is 0.335 e. The van der Waals surface area contributed by atoms with E-state index in [1.54, 1.807) is 0 Å². The number of rotatable bonds is 4. The van der Waals surface area contributed by atoms with E-state index in [1.807, 2.05) is 6.92 Å². The highest BCUT2D eigenvalue weighted by molar-refractivity contribution is 5.88. The minimum Gasteiger partial charge on any atom is -0.478 e. The molecule has 1 aromatic rings. The van der Waals surface area contributed by atoms with Crippen LogP contribution in [0.25, 0.3) is 0 Å². The Balaban J connectivity index is 2.06. The van der Waals surface area contributed by atoms with Gasteiger partial charge in [-0.25, -0.2) is 9.18 Å². The second kappa shape index (κ2) is 5.35. The van der Waals surface area contributed by atoms with Crippen molar-refractivity contribution in [3.05, 3.63) is 29.6 Å². The number of benzene rings is 1. The maximum absolute atomic E-state index is 13.7. The fourth-order valence-corrected chi connectivity index (χ4v) is 2.10. The van der Waals surface area contributed by atoms with Crippen molar-refractivity contribution in [1.29, 1.82) is 0 Å². The standard InChI is InChI=1S/C13H16FNO3/c1-8(12-3-2-6-18-12)15-11-5-4-9(13(16)17)7-10(11)14/h4-5,7-8,12,15H,2-3,6H2,1H3,(H,16,17). The molecule has 1 fully saturated rings. The van der Waals surface area contributed by atoms with E-state index in [1.165, 1.54) is 12.1 Å². The van der Waals surface area contributed by atoms with Gasteiger partial charge in [0.1, 0.15) is 5.82 Å². The first kappa shape index (κ1) is 12.8. The lowest BCUT2D eigenvalue weighted by Gasteiger charge is -2.21. The zero-order valence-corrected chi connectivity index (χ0v) is 10.1. The second-order valence-corrected chi connectivity index (χ2v) is 4.48. The molecule has 1 aliphatic rings. The molecule has 2 rings (SSSR count). The van der Waals surface area contributed by atoms with E-state index < -0.39 is 11.8 Å². The minimum atomic E-state index is -1.13. The molecule has 5 heteroatoms. The normalized spacial score (nSPS) is 20.7. The summed E-state index contributed by atoms with van der Waals surface area (Å²) in [6.45, 7) is 2.68. The Hall–Kier alpha value is -1.62. The third kappa shape index (κ3) is 2.79. The molecule has 18 heavy (non-hydrogen) atoms. The van der Waals surface area contributed by atoms with E-state index in [2.05, 4.69) is 5.32 Å². The highest BCUT2D eigenvalue weighted by atomic mass is 19.1. The van der Waals surface area contributed by atoms with Crippen LogP contribution in [-0.4, -0.2) is 29.8 Å². The Kier molecular flexibility index (Phi) is 3.81. The molecule has 0 aliphatic carbocycles. The van der Waals surface area contributed by atoms with Crippen molar-refractivity contribution in [1.82, 2.24) is 0 Å². The van der Waals surface area contributed by atoms with Crippen LogP contribution in [0.5, 0.6) is 0 Å². The van der Waals surface area contributed by atoms with Gasteiger partial charge in [0.2, 0.25) is 0 Å². The number of ether oxygens (including phenoxy) is 1. The van der Waals surface area contributed by atoms with E-state index in [4.69, 9.17) is 9.84 Å². The Morgan fingerprint density at radius 1 is 1.61 bits per heavy atom. The molecule has 0 amide bonds. The monoisotopic (exact) mass is 253 g/mol. The van der Waals surface area contributed by atoms with Crippen molar-refractivity contribution in [3.63, 3.8) is 0 Å². The number of hydrogen-bond donors (Lipinski definition) is 2. The summed E-state index contributed by atoms with van der Waals surface area (Å²) in [7, 11) is 0. The van der Waals surface area contributed by atoms with Crippen molar-refractivity contribution in [2.45, 2.75) is 31.9 Å². The van der Waals surface area contributed by atoms with Crippen LogP contribution in [0, 0.1) is 5.82 Å². The van der Waals surface area contributed by atoms with Gasteiger partial charge in [0, 0.05) is 12.6 Å². The molecule has 4 nitrogen and oxygen atoms in total. The third-order valence-electron chi connectivity index (χ3n) is 3.12. The molecule has 0 spiro atoms. The number of carboxylic acids is 1. The third-order valence-corrected chi connectivity index (χ3v) is 3.12. The van der Waals surface area contributed by atoms with Crippen LogP contribution in [-0.2, 0) is 4.74 Å². The van der Waals surface area contributed by atoms with E-state index in [0.717, 1.165) is 25.5 Å². The Labute approximate surface area is 105 Å². The fraction of sp³-hybridized carbons (Fsp3) is 0.462. The van der Waals surface area contributed by atoms with Gasteiger partial charge >= 0.3 is 5.97 Å². The average molecular weight is 253 g/mol. The van der Waals surface area contributed by atoms with Gasteiger partial charge in [0.05, 0.1) is 17.4 Å². The van der Waals surface area contributed by atoms with Crippen LogP contribution in [0.15, 0.2) is 18.2 Å². The zero-order valence-electron chi connectivity index (χ0n) is 10.1. The Morgan fingerprint density at radius 2 is 2.39 bits per heavy atom. The second-order valence-electron chi connectivity index (χ2n) is 4.48. The van der Waals surface area contributed by atoms with Crippen LogP contribution in [0.3, 0.4) is 0 Å². The molecule has 2 atom stereocenters. The molecular weight excluding hydrogens is 237 g/mol. The summed E-state index contributed by atoms with van der Waals surface area (Å²) < 4.78 is 19.2. The van der Waals surface area contributed by atoms with Gasteiger partial charge in [0.25, 0.3) is 0 Å². The molecule has 1 aromatic carbocycles. The van der Waals surface area contributed by atoms with Crippen molar-refractivity contribution < 1.29 is 19.0 Å². The summed E-state index contributed by atoms with van der Waals surface area (Å²) in [5.74, 6) is -1.69. The first-order valence-electron chi connectivity index (χ1n) is 5.99. The van der Waals surface area contributed by atoms with Gasteiger partial charge < -0.3 is 15.2 Å². The lowest BCUT2D eigenvalue weighted by atomic mass is 10.1. The molecule has 1 saturated heterocycles. The van der Waals surface area contributed by atoms with Gasteiger partial charge in [-0.3, -0.25) is 0 Å². The molecule has 2 N–H and O–H groups in total. The van der Waals surface area contributed by atoms with Gasteiger partial charge in [0.15, 0.2) is 0 Å². The lowest BCUT2D eigenvalue weighted by molar-refractivity contribution is 0.0696. The zero-order chi connectivity index (χ0) is 13.1. The summed E-state index contributed by atoms with van der Waals surface area (Å²) in [6, 6.07) is 3.85. The van der Waals surface area contributed by atoms with E-state index in [9.17, 15) is 9.18 Å². The van der Waals surface area contributed by atoms with Crippen molar-refractivity contribution >= 4 is 11.7 Å². The van der Waals surface area contributed by atoms with Gasteiger partial charge in [-0.15, -0.1) is 0 Å². The van der Waals surface area contributed by atoms with Gasteiger partial charge in [-0.1, -0.05) is 0 Å². The number of anilines is 1. The number of aromatic carboxylic acids is 1. The number of carbonyl (C=O) groups is 1. The predicted octanol–water partition coefficient (Wildman–Crippen LogP) is 2.50. The predicted molar refractivity (Wildman–Crippen MR) is 65.4 cm³/mol. The molecule has 0 radical (unpaired) electrons. The fourth-order valence-electron chi connectivity index (χ4n) is 2.10. The molecule has 0 aromatic heterocycles. The van der Waals surface area contributed by atoms with Crippen LogP contribution in [0.1, 0.15) is 30.1 Å². The quantitative estimate of drug-likeness (QED) is 0.865. The SMILES string of the molecule is CC(Nc1ccc(C(=O)O)cc1F)C1CCCO1. The molecule has 1 heterocycles. The van der Waals surface area contributed by atoms with Crippen LogP contribution >= 0.6 is 0 Å². The maximum atomic E-state index is 13.7. The lowest BCUT2D eigenvalue weighted by Crippen LogP contribution is -2.30. The molecule has 98 valence electrons. The van der Waals surface area contributed by atoms with E-state index in [0.29, 0.717) is 5.69 Å². The first-order chi connectivity index (χ1) is 8.58. The number of nitrogens with one attached hydrogen (secondary N) is 1. The largest absolute Gasteiger partial charge is 0.478 e. The van der Waals surface area contributed by atoms with Crippen molar-refractivity contribution in [2.75, 3.05) is 11.9 Å². The highest BCUT2D eigenvalue weighted by Gasteiger charge is 2.23. The number of carboxylic acid groups (broad SMARTS) is 1. The summed E-state index contributed by atoms with van der Waals surface area (Å²) in [5, 5.41) is 11.8. The van der Waals surface area contributed by atoms with E-state index >= 15 is 0 Å². The topological polar surface area (TPSA) is 58.6 Å². The van der Waals surface area contributed by atoms with Crippen LogP contribution in [0.2, 0.25) is 0 Å². The summed E-state index contributed by atoms with van der Waals surface area (Å²) in [6.07, 6.45) is 2.07. The average Bonchev–Trinajstić information content (AvgIpc) is 2.85. The Morgan fingerprint density at radius 3 is 2.94 bits per heavy atom. The van der Waals surface area contributed by atoms with Crippen LogP contribution < -0.4 is 5.32 Å². The van der Waals surface area contributed by atoms with Gasteiger partial charge in [-0.05, 0) is 38.0 Å². The summed E-state index contributed by atoms with van der Waals surface area (Å²) in [5.41, 5.74) is 0.255. The highest BCUT2D eigenvalue weighted by Crippen LogP contribution is 2.21. The van der Waals surface area contributed by atoms with Gasteiger partial charge in [-0.2, -0.15) is 0 Å². The first-order valence-corrected chi connectivity index (χ1v) is 5.99. The smallest absolute Gasteiger partial charge is 0.335 e. The molecular formula is C13H16FNO3. The van der Waals surface area contributed by atoms with Crippen LogP contribution in [0.4, 0.5) is 10.1 Å². The molecule has 1 aliphatic heterocycles. The number of hydrogen-bond acceptors (Lipinski definition) is 3. The van der Waals surface area contributed by atoms with Crippen molar-refractivity contribution in [3.8, 4) is 0 Å². The molecule has 2 unspecified atom stereocenters. The molecule has 0 saturated carbocycles. The summed E-state index contributed by atoms with van der Waals surface area (Å²) >= 11 is 0. The van der Waals surface area contributed by atoms with E-state index in [-0.39, 0.29) is 17.7 Å². The van der Waals surface area contributed by atoms with Crippen molar-refractivity contribution in [2.24, 2.45) is 0 Å².